The molecule has 0 spiro atoms. The highest BCUT2D eigenvalue weighted by Crippen LogP contribution is 2.37. The fraction of sp³-hybridized carbons (Fsp3) is 0.321. The Kier molecular flexibility index (Phi) is 9.35. The minimum atomic E-state index is -0.359. The number of amides is 1. The van der Waals surface area contributed by atoms with Crippen LogP contribution in [0.2, 0.25) is 0 Å². The van der Waals surface area contributed by atoms with Gasteiger partial charge in [0.2, 0.25) is 5.91 Å². The highest BCUT2D eigenvalue weighted by molar-refractivity contribution is 6.31. The Bertz CT molecular complexity index is 1440. The molecule has 3 N–H and O–H groups in total. The number of hydrogen-bond donors (Lipinski definition) is 3. The van der Waals surface area contributed by atoms with Gasteiger partial charge in [0, 0.05) is 36.4 Å². The maximum Gasteiger partial charge on any atom is 0.243 e. The third-order valence-corrected chi connectivity index (χ3v) is 6.39. The molecule has 3 aromatic rings. The summed E-state index contributed by atoms with van der Waals surface area (Å²) in [6, 6.07) is 7.37. The number of nitrogens with one attached hydrogen (secondary N) is 2. The molecule has 38 heavy (non-hydrogen) atoms. The number of carbonyl (C=O) groups is 1. The van der Waals surface area contributed by atoms with Crippen molar-refractivity contribution in [2.75, 3.05) is 12.4 Å². The molecule has 0 unspecified atom stereocenters. The summed E-state index contributed by atoms with van der Waals surface area (Å²) in [5.41, 5.74) is 3.80. The Hall–Kier alpha value is -3.87. The van der Waals surface area contributed by atoms with Gasteiger partial charge >= 0.3 is 0 Å². The van der Waals surface area contributed by atoms with E-state index < -0.39 is 0 Å². The zero-order valence-corrected chi connectivity index (χ0v) is 21.7. The number of hydroxylamine groups is 1. The van der Waals surface area contributed by atoms with E-state index in [1.807, 2.05) is 24.3 Å². The molecule has 0 atom stereocenters. The summed E-state index contributed by atoms with van der Waals surface area (Å²) in [5.74, 6) is 7.80. The number of aromatic nitrogens is 2. The monoisotopic (exact) mass is 538 g/mol. The van der Waals surface area contributed by atoms with Crippen LogP contribution in [0.5, 0.6) is 5.75 Å². The molecule has 2 heterocycles. The van der Waals surface area contributed by atoms with Crippen molar-refractivity contribution in [1.82, 2.24) is 15.4 Å². The number of rotatable bonds is 10. The first-order valence-electron chi connectivity index (χ1n) is 12.3. The number of anilines is 1. The standard InChI is InChI=1S/C28H28ClFN4O4/c1-37-26-16-24-20(28(32-17-31-24)33-18-10-12-23(30)22(29)14-18)15-21(26)25-13-11-19(38-25)8-6-4-2-3-5-7-9-27(35)34-36/h11,13-17,36H,2-5,7,9-10,12H2,1H3,(H,34,35)(H,31,32,33). The minimum Gasteiger partial charge on any atom is -0.496 e. The summed E-state index contributed by atoms with van der Waals surface area (Å²) in [6.07, 6.45) is 8.30. The molecule has 0 fully saturated rings. The van der Waals surface area contributed by atoms with Crippen molar-refractivity contribution >= 4 is 34.2 Å². The lowest BCUT2D eigenvalue weighted by Gasteiger charge is -2.16. The molecule has 198 valence electrons. The molecule has 4 rings (SSSR count). The Morgan fingerprint density at radius 2 is 2.05 bits per heavy atom. The van der Waals surface area contributed by atoms with Crippen molar-refractivity contribution in [3.05, 3.63) is 59.0 Å². The molecule has 1 aliphatic rings. The summed E-state index contributed by atoms with van der Waals surface area (Å²) >= 11 is 5.98. The molecule has 0 bridgehead atoms. The van der Waals surface area contributed by atoms with Crippen molar-refractivity contribution in [1.29, 1.82) is 0 Å². The Morgan fingerprint density at radius 1 is 1.21 bits per heavy atom. The molecule has 1 aliphatic carbocycles. The number of benzene rings is 1. The van der Waals surface area contributed by atoms with E-state index in [9.17, 15) is 9.18 Å². The van der Waals surface area contributed by atoms with Gasteiger partial charge in [0.05, 0.1) is 23.2 Å². The van der Waals surface area contributed by atoms with Crippen LogP contribution in [0.15, 0.2) is 57.6 Å². The minimum absolute atomic E-state index is 0.0933. The molecular formula is C28H28ClFN4O4. The van der Waals surface area contributed by atoms with Gasteiger partial charge < -0.3 is 14.5 Å². The SMILES string of the molecule is COc1cc2ncnc(NC3=CC(Cl)=C(F)CC3)c2cc1-c1ccc(C#CCCCCCCC(=O)NO)o1. The smallest absolute Gasteiger partial charge is 0.243 e. The maximum atomic E-state index is 13.7. The molecule has 2 aromatic heterocycles. The predicted octanol–water partition coefficient (Wildman–Crippen LogP) is 6.61. The van der Waals surface area contributed by atoms with Crippen LogP contribution in [0.4, 0.5) is 10.2 Å². The number of fused-ring (bicyclic) bond motifs is 1. The van der Waals surface area contributed by atoms with E-state index in [1.54, 1.807) is 18.7 Å². The normalized spacial score (nSPS) is 13.1. The average Bonchev–Trinajstić information content (AvgIpc) is 3.40. The fourth-order valence-electron chi connectivity index (χ4n) is 4.07. The van der Waals surface area contributed by atoms with Crippen molar-refractivity contribution in [2.45, 2.75) is 51.4 Å². The van der Waals surface area contributed by atoms with Crippen molar-refractivity contribution < 1.29 is 23.5 Å². The molecule has 10 heteroatoms. The zero-order valence-electron chi connectivity index (χ0n) is 20.9. The van der Waals surface area contributed by atoms with Gasteiger partial charge in [0.25, 0.3) is 0 Å². The number of allylic oxidation sites excluding steroid dienone is 4. The molecule has 0 saturated carbocycles. The topological polar surface area (TPSA) is 110 Å². The zero-order chi connectivity index (χ0) is 26.9. The van der Waals surface area contributed by atoms with Gasteiger partial charge in [0.1, 0.15) is 29.5 Å². The highest BCUT2D eigenvalue weighted by Gasteiger charge is 2.17. The third-order valence-electron chi connectivity index (χ3n) is 6.07. The fourth-order valence-corrected chi connectivity index (χ4v) is 4.30. The van der Waals surface area contributed by atoms with Crippen LogP contribution in [-0.4, -0.2) is 28.2 Å². The van der Waals surface area contributed by atoms with Crippen molar-refractivity contribution in [3.8, 4) is 28.9 Å². The predicted molar refractivity (Wildman–Crippen MR) is 143 cm³/mol. The molecule has 0 radical (unpaired) electrons. The van der Waals surface area contributed by atoms with E-state index in [0.29, 0.717) is 47.9 Å². The lowest BCUT2D eigenvalue weighted by atomic mass is 10.1. The molecule has 8 nitrogen and oxygen atoms in total. The highest BCUT2D eigenvalue weighted by atomic mass is 35.5. The van der Waals surface area contributed by atoms with Crippen LogP contribution in [0.25, 0.3) is 22.2 Å². The lowest BCUT2D eigenvalue weighted by molar-refractivity contribution is -0.129. The van der Waals surface area contributed by atoms with Gasteiger partial charge in [-0.25, -0.2) is 19.8 Å². The molecule has 1 aromatic carbocycles. The Balaban J connectivity index is 1.47. The third kappa shape index (κ3) is 6.91. The van der Waals surface area contributed by atoms with Gasteiger partial charge in [-0.05, 0) is 49.5 Å². The van der Waals surface area contributed by atoms with Gasteiger partial charge in [-0.2, -0.15) is 0 Å². The first-order valence-corrected chi connectivity index (χ1v) is 12.7. The van der Waals surface area contributed by atoms with Crippen LogP contribution in [0.3, 0.4) is 0 Å². The second kappa shape index (κ2) is 13.1. The van der Waals surface area contributed by atoms with E-state index in [2.05, 4.69) is 27.1 Å². The molecular weight excluding hydrogens is 511 g/mol. The van der Waals surface area contributed by atoms with Crippen LogP contribution in [-0.2, 0) is 4.79 Å². The first kappa shape index (κ1) is 27.2. The van der Waals surface area contributed by atoms with Crippen molar-refractivity contribution in [3.63, 3.8) is 0 Å². The van der Waals surface area contributed by atoms with E-state index in [4.69, 9.17) is 26.0 Å². The average molecular weight is 539 g/mol. The van der Waals surface area contributed by atoms with E-state index in [-0.39, 0.29) is 23.2 Å². The number of hydrogen-bond acceptors (Lipinski definition) is 7. The molecule has 0 aliphatic heterocycles. The van der Waals surface area contributed by atoms with Crippen LogP contribution in [0.1, 0.15) is 57.1 Å². The number of halogens is 2. The van der Waals surface area contributed by atoms with Gasteiger partial charge in [0.15, 0.2) is 5.76 Å². The number of nitrogens with zero attached hydrogens (tertiary/aromatic N) is 2. The molecule has 0 saturated heterocycles. The van der Waals surface area contributed by atoms with Gasteiger partial charge in [-0.3, -0.25) is 10.0 Å². The maximum absolute atomic E-state index is 13.7. The number of methoxy groups -OCH3 is 1. The van der Waals surface area contributed by atoms with E-state index in [1.165, 1.54) is 6.33 Å². The van der Waals surface area contributed by atoms with Crippen LogP contribution < -0.4 is 15.5 Å². The Labute approximate surface area is 224 Å². The van der Waals surface area contributed by atoms with Crippen molar-refractivity contribution in [2.24, 2.45) is 0 Å². The quantitative estimate of drug-likeness (QED) is 0.115. The van der Waals surface area contributed by atoms with Crippen LogP contribution in [0, 0.1) is 11.8 Å². The second-order valence-electron chi connectivity index (χ2n) is 8.75. The number of unbranched alkanes of at least 4 members (excludes halogenated alkanes) is 4. The number of furan rings is 1. The largest absolute Gasteiger partial charge is 0.496 e. The first-order chi connectivity index (χ1) is 18.5. The number of carbonyl (C=O) groups excluding carboxylic acids is 1. The Morgan fingerprint density at radius 3 is 2.84 bits per heavy atom. The summed E-state index contributed by atoms with van der Waals surface area (Å²) in [7, 11) is 1.58. The van der Waals surface area contributed by atoms with Gasteiger partial charge in [-0.1, -0.05) is 30.4 Å². The lowest BCUT2D eigenvalue weighted by Crippen LogP contribution is -2.17. The van der Waals surface area contributed by atoms with E-state index >= 15 is 0 Å². The molecule has 1 amide bonds. The number of ether oxygens (including phenoxy) is 1. The second-order valence-corrected chi connectivity index (χ2v) is 9.16. The summed E-state index contributed by atoms with van der Waals surface area (Å²) in [5, 5.41) is 12.6. The van der Waals surface area contributed by atoms with Crippen LogP contribution >= 0.6 is 11.6 Å². The summed E-state index contributed by atoms with van der Waals surface area (Å²) < 4.78 is 25.3. The van der Waals surface area contributed by atoms with E-state index in [0.717, 1.165) is 42.3 Å². The summed E-state index contributed by atoms with van der Waals surface area (Å²) in [6.45, 7) is 0. The van der Waals surface area contributed by atoms with Gasteiger partial charge in [-0.15, -0.1) is 0 Å². The summed E-state index contributed by atoms with van der Waals surface area (Å²) in [4.78, 5) is 19.8.